The zero-order valence-electron chi connectivity index (χ0n) is 15.2. The summed E-state index contributed by atoms with van der Waals surface area (Å²) >= 11 is 3.38. The second-order valence-electron chi connectivity index (χ2n) is 6.30. The molecule has 0 saturated carbocycles. The van der Waals surface area contributed by atoms with Crippen molar-refractivity contribution in [2.24, 2.45) is 0 Å². The van der Waals surface area contributed by atoms with Crippen LogP contribution in [0.1, 0.15) is 68.5 Å². The topological polar surface area (TPSA) is 35.5 Å². The van der Waals surface area contributed by atoms with Crippen LogP contribution in [-0.4, -0.2) is 12.4 Å². The van der Waals surface area contributed by atoms with Gasteiger partial charge in [0.15, 0.2) is 5.78 Å². The number of Topliss-reactive ketones (excluding diaryl/α,β-unsaturated/α-hetero) is 1. The van der Waals surface area contributed by atoms with Crippen molar-refractivity contribution in [3.05, 3.63) is 42.8 Å². The summed E-state index contributed by atoms with van der Waals surface area (Å²) in [5, 5.41) is 0. The molecule has 0 fully saturated rings. The maximum absolute atomic E-state index is 11.7. The molecule has 5 heteroatoms. The highest BCUT2D eigenvalue weighted by Crippen LogP contribution is 2.44. The lowest BCUT2D eigenvalue weighted by molar-refractivity contribution is -0.300. The molecule has 3 rings (SSSR count). The van der Waals surface area contributed by atoms with Crippen LogP contribution in [0.2, 0.25) is 0 Å². The van der Waals surface area contributed by atoms with E-state index in [2.05, 4.69) is 26.0 Å². The predicted molar refractivity (Wildman–Crippen MR) is 105 cm³/mol. The Morgan fingerprint density at radius 1 is 1.04 bits per heavy atom. The SMILES string of the molecule is CCOOCc1cc(C2=C(c3cc(C(C)=O)sc3C)CCC2)c(C)s1. The summed E-state index contributed by atoms with van der Waals surface area (Å²) in [7, 11) is 0. The van der Waals surface area contributed by atoms with Crippen molar-refractivity contribution in [1.82, 2.24) is 0 Å². The Morgan fingerprint density at radius 3 is 2.28 bits per heavy atom. The molecule has 0 radical (unpaired) electrons. The lowest BCUT2D eigenvalue weighted by Gasteiger charge is -2.07. The van der Waals surface area contributed by atoms with Gasteiger partial charge in [0.1, 0.15) is 6.61 Å². The average Bonchev–Trinajstić information content (AvgIpc) is 3.25. The van der Waals surface area contributed by atoms with Gasteiger partial charge in [0.05, 0.1) is 11.5 Å². The van der Waals surface area contributed by atoms with E-state index in [1.165, 1.54) is 43.3 Å². The maximum atomic E-state index is 11.7. The Bertz CT molecular complexity index is 811. The van der Waals surface area contributed by atoms with Crippen LogP contribution in [0.3, 0.4) is 0 Å². The molecule has 2 aromatic heterocycles. The number of carbonyl (C=O) groups excluding carboxylic acids is 1. The van der Waals surface area contributed by atoms with Crippen molar-refractivity contribution < 1.29 is 14.6 Å². The molecule has 2 aromatic rings. The van der Waals surface area contributed by atoms with Gasteiger partial charge in [-0.05, 0) is 81.4 Å². The van der Waals surface area contributed by atoms with Crippen molar-refractivity contribution in [1.29, 1.82) is 0 Å². The highest BCUT2D eigenvalue weighted by Gasteiger charge is 2.23. The van der Waals surface area contributed by atoms with E-state index >= 15 is 0 Å². The summed E-state index contributed by atoms with van der Waals surface area (Å²) in [5.41, 5.74) is 5.45. The van der Waals surface area contributed by atoms with E-state index in [1.807, 2.05) is 6.92 Å². The van der Waals surface area contributed by atoms with Gasteiger partial charge in [0.25, 0.3) is 0 Å². The Hall–Kier alpha value is -1.27. The largest absolute Gasteiger partial charge is 0.294 e. The standard InChI is InChI=1S/C20H24O3S2/c1-5-22-23-11-15-9-18(13(3)24-15)16-7-6-8-17(16)19-10-20(12(2)21)25-14(19)4/h9-10H,5-8,11H2,1-4H3. The summed E-state index contributed by atoms with van der Waals surface area (Å²) in [6, 6.07) is 4.33. The van der Waals surface area contributed by atoms with Crippen LogP contribution in [-0.2, 0) is 16.4 Å². The molecular weight excluding hydrogens is 352 g/mol. The van der Waals surface area contributed by atoms with Crippen LogP contribution in [0, 0.1) is 13.8 Å². The Kier molecular flexibility index (Phi) is 5.89. The van der Waals surface area contributed by atoms with Gasteiger partial charge < -0.3 is 0 Å². The highest BCUT2D eigenvalue weighted by atomic mass is 32.1. The number of hydrogen-bond acceptors (Lipinski definition) is 5. The normalized spacial score (nSPS) is 14.6. The number of carbonyl (C=O) groups is 1. The summed E-state index contributed by atoms with van der Waals surface area (Å²) in [6.07, 6.45) is 3.36. The number of ketones is 1. The Morgan fingerprint density at radius 2 is 1.68 bits per heavy atom. The second-order valence-corrected chi connectivity index (χ2v) is 8.90. The quantitative estimate of drug-likeness (QED) is 0.250. The third-order valence-corrected chi connectivity index (χ3v) is 6.68. The van der Waals surface area contributed by atoms with Crippen LogP contribution in [0.5, 0.6) is 0 Å². The highest BCUT2D eigenvalue weighted by molar-refractivity contribution is 7.14. The molecule has 1 aliphatic carbocycles. The number of aryl methyl sites for hydroxylation is 2. The smallest absolute Gasteiger partial charge is 0.169 e. The molecule has 3 nitrogen and oxygen atoms in total. The van der Waals surface area contributed by atoms with E-state index in [0.717, 1.165) is 17.7 Å². The molecular formula is C20H24O3S2. The fraction of sp³-hybridized carbons (Fsp3) is 0.450. The molecule has 0 bridgehead atoms. The van der Waals surface area contributed by atoms with E-state index in [1.54, 1.807) is 29.6 Å². The number of hydrogen-bond donors (Lipinski definition) is 0. The first kappa shape index (κ1) is 18.5. The van der Waals surface area contributed by atoms with Gasteiger partial charge in [-0.1, -0.05) is 0 Å². The number of rotatable bonds is 7. The summed E-state index contributed by atoms with van der Waals surface area (Å²) in [5.74, 6) is 0.154. The van der Waals surface area contributed by atoms with Crippen molar-refractivity contribution in [3.63, 3.8) is 0 Å². The van der Waals surface area contributed by atoms with E-state index in [9.17, 15) is 4.79 Å². The molecule has 2 heterocycles. The fourth-order valence-corrected chi connectivity index (χ4v) is 5.30. The fourth-order valence-electron chi connectivity index (χ4n) is 3.39. The molecule has 0 amide bonds. The first-order chi connectivity index (χ1) is 12.0. The first-order valence-corrected chi connectivity index (χ1v) is 10.3. The molecule has 0 saturated heterocycles. The maximum Gasteiger partial charge on any atom is 0.169 e. The van der Waals surface area contributed by atoms with Crippen molar-refractivity contribution in [2.75, 3.05) is 6.61 Å². The van der Waals surface area contributed by atoms with Crippen molar-refractivity contribution >= 4 is 39.6 Å². The predicted octanol–water partition coefficient (Wildman–Crippen LogP) is 6.19. The molecule has 1 aliphatic rings. The van der Waals surface area contributed by atoms with Gasteiger partial charge in [-0.15, -0.1) is 22.7 Å². The van der Waals surface area contributed by atoms with Gasteiger partial charge in [0.2, 0.25) is 0 Å². The van der Waals surface area contributed by atoms with Gasteiger partial charge >= 0.3 is 0 Å². The summed E-state index contributed by atoms with van der Waals surface area (Å²) in [4.78, 5) is 26.6. The Labute approximate surface area is 157 Å². The van der Waals surface area contributed by atoms with Gasteiger partial charge in [-0.25, -0.2) is 9.78 Å². The van der Waals surface area contributed by atoms with Crippen LogP contribution in [0.4, 0.5) is 0 Å². The van der Waals surface area contributed by atoms with E-state index in [4.69, 9.17) is 9.78 Å². The van der Waals surface area contributed by atoms with Gasteiger partial charge in [0, 0.05) is 14.6 Å². The molecule has 0 N–H and O–H groups in total. The van der Waals surface area contributed by atoms with Crippen LogP contribution >= 0.6 is 22.7 Å². The van der Waals surface area contributed by atoms with E-state index in [0.29, 0.717) is 13.2 Å². The minimum absolute atomic E-state index is 0.154. The lowest BCUT2D eigenvalue weighted by Crippen LogP contribution is -1.92. The van der Waals surface area contributed by atoms with Crippen molar-refractivity contribution in [2.45, 2.75) is 53.6 Å². The summed E-state index contributed by atoms with van der Waals surface area (Å²) < 4.78 is 0. The van der Waals surface area contributed by atoms with Crippen LogP contribution in [0.15, 0.2) is 12.1 Å². The van der Waals surface area contributed by atoms with Gasteiger partial charge in [-0.3, -0.25) is 4.79 Å². The third kappa shape index (κ3) is 3.95. The first-order valence-electron chi connectivity index (χ1n) is 8.69. The lowest BCUT2D eigenvalue weighted by atomic mass is 9.97. The monoisotopic (exact) mass is 376 g/mol. The third-order valence-electron chi connectivity index (χ3n) is 4.50. The molecule has 0 aliphatic heterocycles. The average molecular weight is 377 g/mol. The molecule has 134 valence electrons. The second kappa shape index (κ2) is 7.96. The van der Waals surface area contributed by atoms with Crippen LogP contribution < -0.4 is 0 Å². The minimum atomic E-state index is 0.154. The molecule has 0 spiro atoms. The number of thiophene rings is 2. The van der Waals surface area contributed by atoms with Crippen LogP contribution in [0.25, 0.3) is 11.1 Å². The van der Waals surface area contributed by atoms with E-state index < -0.39 is 0 Å². The zero-order chi connectivity index (χ0) is 18.0. The zero-order valence-corrected chi connectivity index (χ0v) is 16.9. The van der Waals surface area contributed by atoms with Gasteiger partial charge in [-0.2, -0.15) is 0 Å². The number of allylic oxidation sites excluding steroid dienone is 2. The Balaban J connectivity index is 1.95. The molecule has 25 heavy (non-hydrogen) atoms. The molecule has 0 aromatic carbocycles. The van der Waals surface area contributed by atoms with Crippen molar-refractivity contribution in [3.8, 4) is 0 Å². The molecule has 0 unspecified atom stereocenters. The minimum Gasteiger partial charge on any atom is -0.294 e. The summed E-state index contributed by atoms with van der Waals surface area (Å²) in [6.45, 7) is 8.91. The molecule has 0 atom stereocenters. The van der Waals surface area contributed by atoms with E-state index in [-0.39, 0.29) is 5.78 Å².